The van der Waals surface area contributed by atoms with Crippen molar-refractivity contribution in [1.82, 2.24) is 0 Å². The number of hydrogen-bond donors (Lipinski definition) is 1. The van der Waals surface area contributed by atoms with E-state index in [1.807, 2.05) is 48.6 Å². The van der Waals surface area contributed by atoms with E-state index in [2.05, 4.69) is 10.1 Å². The molecule has 0 aromatic heterocycles. The van der Waals surface area contributed by atoms with E-state index >= 15 is 0 Å². The van der Waals surface area contributed by atoms with Crippen LogP contribution in [0.3, 0.4) is 0 Å². The van der Waals surface area contributed by atoms with Crippen molar-refractivity contribution in [3.8, 4) is 0 Å². The van der Waals surface area contributed by atoms with Crippen LogP contribution >= 0.6 is 12.4 Å². The molecule has 0 spiro atoms. The molecule has 0 saturated heterocycles. The van der Waals surface area contributed by atoms with Crippen LogP contribution < -0.4 is 5.32 Å². The van der Waals surface area contributed by atoms with E-state index in [1.54, 1.807) is 6.08 Å². The van der Waals surface area contributed by atoms with E-state index in [4.69, 9.17) is 5.53 Å². The van der Waals surface area contributed by atoms with E-state index in [0.29, 0.717) is 5.71 Å². The van der Waals surface area contributed by atoms with Gasteiger partial charge >= 0.3 is 5.71 Å². The predicted octanol–water partition coefficient (Wildman–Crippen LogP) is 2.69. The van der Waals surface area contributed by atoms with Gasteiger partial charge in [-0.2, -0.15) is 4.79 Å². The second-order valence-corrected chi connectivity index (χ2v) is 3.26. The zero-order valence-electron chi connectivity index (χ0n) is 8.58. The molecule has 1 aromatic rings. The average Bonchev–Trinajstić information content (AvgIpc) is 2.31. The van der Waals surface area contributed by atoms with Crippen LogP contribution in [-0.2, 0) is 0 Å². The van der Waals surface area contributed by atoms with Gasteiger partial charge in [0.1, 0.15) is 6.04 Å². The molecular formula is C12H12ClN3. The van der Waals surface area contributed by atoms with Crippen LogP contribution in [0.2, 0.25) is 0 Å². The maximum absolute atomic E-state index is 8.80. The van der Waals surface area contributed by atoms with Crippen molar-refractivity contribution < 1.29 is 4.79 Å². The van der Waals surface area contributed by atoms with Crippen LogP contribution in [0.4, 0.5) is 5.69 Å². The Morgan fingerprint density at radius 1 is 1.12 bits per heavy atom. The molecule has 0 bridgehead atoms. The first-order valence-corrected chi connectivity index (χ1v) is 4.78. The Labute approximate surface area is 101 Å². The van der Waals surface area contributed by atoms with Gasteiger partial charge in [-0.25, -0.2) is 0 Å². The smallest absolute Gasteiger partial charge is 0.317 e. The highest BCUT2D eigenvalue weighted by Gasteiger charge is 2.19. The van der Waals surface area contributed by atoms with Gasteiger partial charge in [-0.3, -0.25) is 0 Å². The second kappa shape index (κ2) is 5.91. The standard InChI is InChI=1S/C12H11N3.ClH/c13-15-12-9-5-4-8-11(12)14-10-6-2-1-3-7-10;/h1-9,11,14H;1H. The second-order valence-electron chi connectivity index (χ2n) is 3.26. The lowest BCUT2D eigenvalue weighted by Crippen LogP contribution is -2.28. The van der Waals surface area contributed by atoms with Gasteiger partial charge in [0, 0.05) is 11.8 Å². The quantitative estimate of drug-likeness (QED) is 0.620. The number of hydrogen-bond acceptors (Lipinski definition) is 1. The van der Waals surface area contributed by atoms with E-state index in [-0.39, 0.29) is 18.4 Å². The highest BCUT2D eigenvalue weighted by Crippen LogP contribution is 2.10. The lowest BCUT2D eigenvalue weighted by Gasteiger charge is -2.12. The highest BCUT2D eigenvalue weighted by atomic mass is 35.5. The van der Waals surface area contributed by atoms with Crippen molar-refractivity contribution in [3.63, 3.8) is 0 Å². The third-order valence-electron chi connectivity index (χ3n) is 2.21. The zero-order valence-corrected chi connectivity index (χ0v) is 9.39. The molecule has 4 heteroatoms. The molecule has 0 aliphatic heterocycles. The lowest BCUT2D eigenvalue weighted by molar-refractivity contribution is -0.00617. The van der Waals surface area contributed by atoms with E-state index in [9.17, 15) is 0 Å². The van der Waals surface area contributed by atoms with E-state index in [0.717, 1.165) is 5.69 Å². The van der Waals surface area contributed by atoms with Crippen molar-refractivity contribution in [1.29, 1.82) is 0 Å². The van der Waals surface area contributed by atoms with Crippen molar-refractivity contribution in [3.05, 3.63) is 60.2 Å². The molecule has 1 atom stereocenters. The third kappa shape index (κ3) is 2.83. The molecule has 0 amide bonds. The fourth-order valence-corrected chi connectivity index (χ4v) is 1.46. The minimum Gasteiger partial charge on any atom is -0.369 e. The first-order chi connectivity index (χ1) is 7.40. The van der Waals surface area contributed by atoms with Crippen molar-refractivity contribution in [2.75, 3.05) is 5.32 Å². The zero-order chi connectivity index (χ0) is 10.5. The van der Waals surface area contributed by atoms with Crippen LogP contribution in [0.1, 0.15) is 0 Å². The van der Waals surface area contributed by atoms with E-state index in [1.165, 1.54) is 0 Å². The van der Waals surface area contributed by atoms with Gasteiger partial charge in [0.05, 0.1) is 0 Å². The Hall–Kier alpha value is -1.83. The summed E-state index contributed by atoms with van der Waals surface area (Å²) in [7, 11) is 0. The Bertz CT molecular complexity index is 445. The molecule has 0 heterocycles. The summed E-state index contributed by atoms with van der Waals surface area (Å²) < 4.78 is 0. The lowest BCUT2D eigenvalue weighted by atomic mass is 10.1. The topological polar surface area (TPSA) is 48.4 Å². The highest BCUT2D eigenvalue weighted by molar-refractivity contribution is 5.99. The molecule has 0 radical (unpaired) electrons. The summed E-state index contributed by atoms with van der Waals surface area (Å²) >= 11 is 0. The Morgan fingerprint density at radius 2 is 1.88 bits per heavy atom. The molecular weight excluding hydrogens is 222 g/mol. The van der Waals surface area contributed by atoms with Gasteiger partial charge in [0.15, 0.2) is 0 Å². The number of anilines is 1. The maximum Gasteiger partial charge on any atom is 0.317 e. The summed E-state index contributed by atoms with van der Waals surface area (Å²) in [5, 5.41) is 3.25. The number of rotatable bonds is 2. The molecule has 1 N–H and O–H groups in total. The first-order valence-electron chi connectivity index (χ1n) is 4.78. The number of benzene rings is 1. The van der Waals surface area contributed by atoms with Gasteiger partial charge in [-0.05, 0) is 12.1 Å². The number of nitrogens with one attached hydrogen (secondary N) is 1. The Kier molecular flexibility index (Phi) is 4.52. The van der Waals surface area contributed by atoms with Gasteiger partial charge < -0.3 is 10.8 Å². The molecule has 1 aliphatic carbocycles. The largest absolute Gasteiger partial charge is 0.369 e. The molecule has 3 nitrogen and oxygen atoms in total. The van der Waals surface area contributed by atoms with Crippen LogP contribution in [0.5, 0.6) is 0 Å². The Morgan fingerprint density at radius 3 is 2.56 bits per heavy atom. The maximum atomic E-state index is 8.80. The normalized spacial score (nSPS) is 17.5. The third-order valence-corrected chi connectivity index (χ3v) is 2.21. The van der Waals surface area contributed by atoms with Gasteiger partial charge in [0.25, 0.3) is 0 Å². The number of nitrogens with zero attached hydrogens (tertiary/aromatic N) is 2. The first kappa shape index (κ1) is 12.2. The summed E-state index contributed by atoms with van der Waals surface area (Å²) in [5.74, 6) is 0. The fraction of sp³-hybridized carbons (Fsp3) is 0.0833. The Balaban J connectivity index is 0.00000128. The van der Waals surface area contributed by atoms with Gasteiger partial charge in [-0.1, -0.05) is 36.4 Å². The summed E-state index contributed by atoms with van der Waals surface area (Å²) in [4.78, 5) is 3.24. The average molecular weight is 234 g/mol. The fourth-order valence-electron chi connectivity index (χ4n) is 1.46. The molecule has 2 rings (SSSR count). The molecule has 1 aliphatic rings. The SMILES string of the molecule is Cl.[N-]=[N+]=C1C=CC=CC1Nc1ccccc1. The summed E-state index contributed by atoms with van der Waals surface area (Å²) in [6.07, 6.45) is 7.50. The summed E-state index contributed by atoms with van der Waals surface area (Å²) in [6.45, 7) is 0. The molecule has 82 valence electrons. The van der Waals surface area contributed by atoms with Crippen LogP contribution in [0.15, 0.2) is 54.6 Å². The van der Waals surface area contributed by atoms with E-state index < -0.39 is 0 Å². The van der Waals surface area contributed by atoms with Crippen molar-refractivity contribution in [2.24, 2.45) is 0 Å². The summed E-state index contributed by atoms with van der Waals surface area (Å²) in [6, 6.07) is 9.76. The predicted molar refractivity (Wildman–Crippen MR) is 68.0 cm³/mol. The number of allylic oxidation sites excluding steroid dienone is 2. The van der Waals surface area contributed by atoms with Crippen LogP contribution in [-0.4, -0.2) is 16.5 Å². The van der Waals surface area contributed by atoms with Gasteiger partial charge in [-0.15, -0.1) is 12.4 Å². The molecule has 16 heavy (non-hydrogen) atoms. The van der Waals surface area contributed by atoms with Crippen LogP contribution in [0.25, 0.3) is 5.53 Å². The van der Waals surface area contributed by atoms with Gasteiger partial charge in [0.2, 0.25) is 0 Å². The van der Waals surface area contributed by atoms with Crippen molar-refractivity contribution >= 4 is 23.8 Å². The molecule has 0 saturated carbocycles. The van der Waals surface area contributed by atoms with Crippen molar-refractivity contribution in [2.45, 2.75) is 6.04 Å². The minimum atomic E-state index is -0.0672. The van der Waals surface area contributed by atoms with Crippen LogP contribution in [0, 0.1) is 0 Å². The monoisotopic (exact) mass is 233 g/mol. The molecule has 1 unspecified atom stereocenters. The number of halogens is 1. The number of para-hydroxylation sites is 1. The molecule has 1 aromatic carbocycles. The minimum absolute atomic E-state index is 0. The summed E-state index contributed by atoms with van der Waals surface area (Å²) in [5.41, 5.74) is 10.4. The molecule has 0 fully saturated rings.